The van der Waals surface area contributed by atoms with E-state index in [1.807, 2.05) is 42.5 Å². The summed E-state index contributed by atoms with van der Waals surface area (Å²) in [5.74, 6) is 0.818. The molecular formula is C51H31ClFN5. The Morgan fingerprint density at radius 3 is 1.48 bits per heavy atom. The van der Waals surface area contributed by atoms with Crippen LogP contribution in [0.1, 0.15) is 0 Å². The van der Waals surface area contributed by atoms with Crippen LogP contribution in [-0.2, 0) is 0 Å². The third-order valence-electron chi connectivity index (χ3n) is 11.0. The van der Waals surface area contributed by atoms with Gasteiger partial charge in [-0.3, -0.25) is 4.57 Å². The Morgan fingerprint density at radius 1 is 0.397 bits per heavy atom. The molecule has 0 unspecified atom stereocenters. The molecule has 7 heteroatoms. The van der Waals surface area contributed by atoms with Gasteiger partial charge >= 0.3 is 0 Å². The first-order valence-electron chi connectivity index (χ1n) is 19.1. The van der Waals surface area contributed by atoms with E-state index in [9.17, 15) is 4.39 Å². The number of para-hydroxylation sites is 2. The fourth-order valence-electron chi connectivity index (χ4n) is 8.27. The predicted octanol–water partition coefficient (Wildman–Crippen LogP) is 13.5. The number of halogens is 2. The normalized spacial score (nSPS) is 11.6. The van der Waals surface area contributed by atoms with Crippen LogP contribution in [0.2, 0.25) is 5.02 Å². The summed E-state index contributed by atoms with van der Waals surface area (Å²) in [5.41, 5.74) is 11.1. The van der Waals surface area contributed by atoms with Crippen molar-refractivity contribution < 1.29 is 4.39 Å². The van der Waals surface area contributed by atoms with Gasteiger partial charge in [0, 0.05) is 38.4 Å². The van der Waals surface area contributed by atoms with Gasteiger partial charge in [-0.25, -0.2) is 9.37 Å². The van der Waals surface area contributed by atoms with Crippen LogP contribution in [0, 0.1) is 5.82 Å². The Hall–Kier alpha value is -7.41. The van der Waals surface area contributed by atoms with Crippen LogP contribution < -0.4 is 0 Å². The molecule has 0 aliphatic carbocycles. The fraction of sp³-hybridized carbons (Fsp3) is 0. The average molecular weight is 768 g/mol. The van der Waals surface area contributed by atoms with Crippen LogP contribution in [0.15, 0.2) is 188 Å². The number of hydrogen-bond donors (Lipinski definition) is 0. The second kappa shape index (κ2) is 13.7. The molecule has 11 rings (SSSR count). The summed E-state index contributed by atoms with van der Waals surface area (Å²) >= 11 is 6.68. The molecule has 0 radical (unpaired) electrons. The van der Waals surface area contributed by atoms with Crippen LogP contribution in [0.5, 0.6) is 0 Å². The van der Waals surface area contributed by atoms with Crippen molar-refractivity contribution >= 4 is 55.2 Å². The van der Waals surface area contributed by atoms with Crippen LogP contribution in [0.3, 0.4) is 0 Å². The summed E-state index contributed by atoms with van der Waals surface area (Å²) in [6.45, 7) is 0. The Bertz CT molecular complexity index is 3340. The lowest BCUT2D eigenvalue weighted by molar-refractivity contribution is 0.628. The van der Waals surface area contributed by atoms with Crippen LogP contribution >= 0.6 is 11.6 Å². The van der Waals surface area contributed by atoms with Crippen LogP contribution in [0.4, 0.5) is 4.39 Å². The molecule has 3 aromatic heterocycles. The van der Waals surface area contributed by atoms with Crippen molar-refractivity contribution in [3.63, 3.8) is 0 Å². The molecule has 274 valence electrons. The quantitative estimate of drug-likeness (QED) is 0.169. The molecule has 0 atom stereocenters. The zero-order valence-corrected chi connectivity index (χ0v) is 31.6. The van der Waals surface area contributed by atoms with E-state index in [2.05, 4.69) is 137 Å². The highest BCUT2D eigenvalue weighted by Gasteiger charge is 2.23. The molecule has 0 fully saturated rings. The molecule has 0 saturated carbocycles. The van der Waals surface area contributed by atoms with E-state index in [4.69, 9.17) is 26.6 Å². The maximum Gasteiger partial charge on any atom is 0.238 e. The highest BCUT2D eigenvalue weighted by molar-refractivity contribution is 6.33. The van der Waals surface area contributed by atoms with Gasteiger partial charge in [0.1, 0.15) is 5.82 Å². The molecule has 3 heterocycles. The molecule has 5 nitrogen and oxygen atoms in total. The second-order valence-corrected chi connectivity index (χ2v) is 14.7. The van der Waals surface area contributed by atoms with Gasteiger partial charge < -0.3 is 4.57 Å². The molecule has 0 bridgehead atoms. The van der Waals surface area contributed by atoms with Crippen LogP contribution in [-0.4, -0.2) is 24.1 Å². The Labute approximate surface area is 337 Å². The first-order chi connectivity index (χ1) is 28.6. The number of nitrogens with zero attached hydrogens (tertiary/aromatic N) is 5. The van der Waals surface area contributed by atoms with Gasteiger partial charge in [0.25, 0.3) is 0 Å². The van der Waals surface area contributed by atoms with E-state index < -0.39 is 5.82 Å². The van der Waals surface area contributed by atoms with E-state index in [1.165, 1.54) is 23.3 Å². The first kappa shape index (κ1) is 33.9. The van der Waals surface area contributed by atoms with E-state index in [0.29, 0.717) is 23.2 Å². The minimum Gasteiger partial charge on any atom is -0.309 e. The van der Waals surface area contributed by atoms with Gasteiger partial charge in [0.15, 0.2) is 11.6 Å². The summed E-state index contributed by atoms with van der Waals surface area (Å²) in [4.78, 5) is 15.2. The van der Waals surface area contributed by atoms with Gasteiger partial charge in [0.05, 0.1) is 27.1 Å². The summed E-state index contributed by atoms with van der Waals surface area (Å²) in [5, 5.41) is 4.67. The van der Waals surface area contributed by atoms with Crippen molar-refractivity contribution in [3.8, 4) is 56.7 Å². The maximum atomic E-state index is 14.3. The SMILES string of the molecule is Fc1ccc(-c2nc(-c3ccc(-c4ccccc4)cc3)nc(-n3c4ccccc4c4c5c6ccccc6n(-c6ccc(-c7ccccc7)cc6)c5ccc43)n2)c(Cl)c1. The number of aromatic nitrogens is 5. The largest absolute Gasteiger partial charge is 0.309 e. The molecule has 0 saturated heterocycles. The third-order valence-corrected chi connectivity index (χ3v) is 11.3. The molecule has 0 spiro atoms. The van der Waals surface area contributed by atoms with Gasteiger partial charge in [-0.2, -0.15) is 9.97 Å². The minimum atomic E-state index is -0.433. The lowest BCUT2D eigenvalue weighted by Gasteiger charge is -2.12. The molecule has 0 aliphatic heterocycles. The number of hydrogen-bond acceptors (Lipinski definition) is 3. The summed E-state index contributed by atoms with van der Waals surface area (Å²) in [7, 11) is 0. The first-order valence-corrected chi connectivity index (χ1v) is 19.5. The van der Waals surface area contributed by atoms with Crippen molar-refractivity contribution in [2.24, 2.45) is 0 Å². The Balaban J connectivity index is 1.15. The number of rotatable bonds is 6. The van der Waals surface area contributed by atoms with Gasteiger partial charge in [-0.1, -0.05) is 145 Å². The topological polar surface area (TPSA) is 48.5 Å². The minimum absolute atomic E-state index is 0.219. The lowest BCUT2D eigenvalue weighted by atomic mass is 10.0. The summed E-state index contributed by atoms with van der Waals surface area (Å²) in [6.07, 6.45) is 0. The van der Waals surface area contributed by atoms with E-state index in [1.54, 1.807) is 6.07 Å². The van der Waals surface area contributed by atoms with Gasteiger partial charge in [0.2, 0.25) is 5.95 Å². The zero-order chi connectivity index (χ0) is 38.7. The van der Waals surface area contributed by atoms with E-state index in [-0.39, 0.29) is 5.02 Å². The molecule has 0 amide bonds. The van der Waals surface area contributed by atoms with Crippen molar-refractivity contribution in [3.05, 3.63) is 199 Å². The molecule has 8 aromatic carbocycles. The molecule has 11 aromatic rings. The highest BCUT2D eigenvalue weighted by atomic mass is 35.5. The lowest BCUT2D eigenvalue weighted by Crippen LogP contribution is -2.06. The maximum absolute atomic E-state index is 14.3. The summed E-state index contributed by atoms with van der Waals surface area (Å²) < 4.78 is 18.8. The number of benzene rings is 8. The van der Waals surface area contributed by atoms with Gasteiger partial charge in [-0.05, 0) is 76.9 Å². The molecule has 0 N–H and O–H groups in total. The second-order valence-electron chi connectivity index (χ2n) is 14.3. The molecular weight excluding hydrogens is 737 g/mol. The Kier molecular flexibility index (Phi) is 7.98. The van der Waals surface area contributed by atoms with E-state index >= 15 is 0 Å². The van der Waals surface area contributed by atoms with Gasteiger partial charge in [-0.15, -0.1) is 0 Å². The van der Waals surface area contributed by atoms with Crippen molar-refractivity contribution in [2.45, 2.75) is 0 Å². The molecule has 58 heavy (non-hydrogen) atoms. The third kappa shape index (κ3) is 5.57. The standard InChI is InChI=1S/C51H31ClFN5/c52-42-31-37(53)25-28-39(42)50-54-49(36-21-19-34(20-22-36)32-11-3-1-4-12-32)55-51(56-50)58-44-18-10-8-16-41(44)48-46(58)30-29-45-47(48)40-15-7-9-17-43(40)57(45)38-26-23-35(24-27-38)33-13-5-2-6-14-33/h1-31H. The van der Waals surface area contributed by atoms with Crippen molar-refractivity contribution in [1.29, 1.82) is 0 Å². The Morgan fingerprint density at radius 2 is 0.879 bits per heavy atom. The van der Waals surface area contributed by atoms with Crippen molar-refractivity contribution in [2.75, 3.05) is 0 Å². The summed E-state index contributed by atoms with van der Waals surface area (Å²) in [6, 6.07) is 63.2. The van der Waals surface area contributed by atoms with E-state index in [0.717, 1.165) is 66.0 Å². The van der Waals surface area contributed by atoms with Crippen molar-refractivity contribution in [1.82, 2.24) is 24.1 Å². The monoisotopic (exact) mass is 767 g/mol. The predicted molar refractivity (Wildman–Crippen MR) is 235 cm³/mol. The fourth-order valence-corrected chi connectivity index (χ4v) is 8.52. The number of fused-ring (bicyclic) bond motifs is 7. The van der Waals surface area contributed by atoms with Crippen LogP contribution in [0.25, 0.3) is 100 Å². The zero-order valence-electron chi connectivity index (χ0n) is 30.9. The average Bonchev–Trinajstić information content (AvgIpc) is 3.80. The highest BCUT2D eigenvalue weighted by Crippen LogP contribution is 2.42. The smallest absolute Gasteiger partial charge is 0.238 e. The molecule has 0 aliphatic rings.